The maximum atomic E-state index is 11.8. The Balaban J connectivity index is 1.92. The molecule has 0 aliphatic heterocycles. The number of benzene rings is 3. The number of azo groups is 1. The van der Waals surface area contributed by atoms with Crippen molar-refractivity contribution >= 4 is 32.3 Å². The number of aromatic hydroxyl groups is 2. The molecular formula is C23H22N4O5S. The Kier molecular flexibility index (Phi) is 5.43. The summed E-state index contributed by atoms with van der Waals surface area (Å²) in [5.41, 5.74) is 0.724. The first-order chi connectivity index (χ1) is 15.5. The van der Waals surface area contributed by atoms with Crippen LogP contribution >= 0.6 is 0 Å². The molecule has 4 rings (SSSR count). The fourth-order valence-electron chi connectivity index (χ4n) is 3.48. The summed E-state index contributed by atoms with van der Waals surface area (Å²) < 4.78 is 34.4. The first kappa shape index (κ1) is 22.4. The molecular weight excluding hydrogens is 444 g/mol. The zero-order chi connectivity index (χ0) is 24.0. The molecule has 0 saturated carbocycles. The van der Waals surface area contributed by atoms with Crippen LogP contribution in [0.3, 0.4) is 0 Å². The lowest BCUT2D eigenvalue weighted by Gasteiger charge is -2.15. The van der Waals surface area contributed by atoms with Gasteiger partial charge in [-0.15, -0.1) is 10.2 Å². The van der Waals surface area contributed by atoms with E-state index in [4.69, 9.17) is 0 Å². The monoisotopic (exact) mass is 466 g/mol. The van der Waals surface area contributed by atoms with E-state index in [2.05, 4.69) is 15.3 Å². The van der Waals surface area contributed by atoms with Crippen LogP contribution in [-0.2, 0) is 15.5 Å². The van der Waals surface area contributed by atoms with E-state index in [0.717, 1.165) is 6.07 Å². The van der Waals surface area contributed by atoms with E-state index < -0.39 is 26.2 Å². The summed E-state index contributed by atoms with van der Waals surface area (Å²) >= 11 is 0. The molecule has 0 aliphatic rings. The summed E-state index contributed by atoms with van der Waals surface area (Å²) in [7, 11) is -4.58. The van der Waals surface area contributed by atoms with E-state index in [1.54, 1.807) is 30.3 Å². The molecule has 33 heavy (non-hydrogen) atoms. The molecule has 0 spiro atoms. The van der Waals surface area contributed by atoms with Crippen molar-refractivity contribution in [1.29, 1.82) is 0 Å². The van der Waals surface area contributed by atoms with Gasteiger partial charge in [0.15, 0.2) is 5.69 Å². The summed E-state index contributed by atoms with van der Waals surface area (Å²) in [6.45, 7) is 5.74. The molecule has 0 amide bonds. The quantitative estimate of drug-likeness (QED) is 0.272. The van der Waals surface area contributed by atoms with Gasteiger partial charge in [0.05, 0.1) is 11.4 Å². The zero-order valence-electron chi connectivity index (χ0n) is 18.1. The van der Waals surface area contributed by atoms with E-state index in [1.165, 1.54) is 10.7 Å². The maximum Gasteiger partial charge on any atom is 0.295 e. The third kappa shape index (κ3) is 4.18. The number of phenols is 1. The summed E-state index contributed by atoms with van der Waals surface area (Å²) in [6.07, 6.45) is 0. The fourth-order valence-corrected chi connectivity index (χ4v) is 4.20. The van der Waals surface area contributed by atoms with Crippen molar-refractivity contribution in [2.75, 3.05) is 0 Å². The highest BCUT2D eigenvalue weighted by molar-refractivity contribution is 7.86. The molecule has 0 unspecified atom stereocenters. The molecule has 9 nitrogen and oxygen atoms in total. The van der Waals surface area contributed by atoms with Crippen LogP contribution in [0.4, 0.5) is 11.4 Å². The predicted molar refractivity (Wildman–Crippen MR) is 124 cm³/mol. The standard InChI is InChI=1S/C23H22N4O5S/c1-23(2,3)21-20(22(29)27(26-21)14-9-5-4-6-10-14)25-24-19-16-12-8-7-11-15(16)18(13-17(19)28)33(30,31)32/h4-13,28-29H,1-3H3,(H,30,31,32)/b25-24+. The largest absolute Gasteiger partial charge is 0.506 e. The Morgan fingerprint density at radius 1 is 0.879 bits per heavy atom. The van der Waals surface area contributed by atoms with Crippen LogP contribution < -0.4 is 0 Å². The zero-order valence-corrected chi connectivity index (χ0v) is 18.9. The molecule has 0 bridgehead atoms. The van der Waals surface area contributed by atoms with Crippen LogP contribution in [0.1, 0.15) is 26.5 Å². The predicted octanol–water partition coefficient (Wildman–Crippen LogP) is 5.40. The second-order valence-electron chi connectivity index (χ2n) is 8.48. The van der Waals surface area contributed by atoms with Gasteiger partial charge in [-0.05, 0) is 12.1 Å². The summed E-state index contributed by atoms with van der Waals surface area (Å²) in [5, 5.41) is 34.7. The molecule has 0 atom stereocenters. The van der Waals surface area contributed by atoms with Gasteiger partial charge in [0.25, 0.3) is 10.1 Å². The number of para-hydroxylation sites is 1. The van der Waals surface area contributed by atoms with Gasteiger partial charge in [-0.3, -0.25) is 4.55 Å². The first-order valence-corrected chi connectivity index (χ1v) is 11.4. The van der Waals surface area contributed by atoms with Crippen molar-refractivity contribution in [1.82, 2.24) is 9.78 Å². The van der Waals surface area contributed by atoms with Crippen LogP contribution in [0.2, 0.25) is 0 Å². The molecule has 0 saturated heterocycles. The van der Waals surface area contributed by atoms with Crippen LogP contribution in [0.5, 0.6) is 11.6 Å². The molecule has 4 aromatic rings. The highest BCUT2D eigenvalue weighted by Gasteiger charge is 2.28. The molecule has 0 radical (unpaired) electrons. The molecule has 0 aliphatic carbocycles. The number of aromatic nitrogens is 2. The summed E-state index contributed by atoms with van der Waals surface area (Å²) in [6, 6.07) is 16.2. The third-order valence-electron chi connectivity index (χ3n) is 5.03. The van der Waals surface area contributed by atoms with Gasteiger partial charge in [-0.2, -0.15) is 18.2 Å². The van der Waals surface area contributed by atoms with E-state index >= 15 is 0 Å². The molecule has 170 valence electrons. The van der Waals surface area contributed by atoms with Gasteiger partial charge in [0.2, 0.25) is 5.88 Å². The van der Waals surface area contributed by atoms with Crippen LogP contribution in [0, 0.1) is 0 Å². The van der Waals surface area contributed by atoms with Crippen molar-refractivity contribution < 1.29 is 23.2 Å². The smallest absolute Gasteiger partial charge is 0.295 e. The normalized spacial score (nSPS) is 12.6. The lowest BCUT2D eigenvalue weighted by molar-refractivity contribution is 0.434. The van der Waals surface area contributed by atoms with Crippen molar-refractivity contribution in [3.8, 4) is 17.3 Å². The SMILES string of the molecule is CC(C)(C)c1nn(-c2ccccc2)c(O)c1/N=N/c1c(O)cc(S(=O)(=O)O)c2ccccc12. The molecule has 10 heteroatoms. The number of hydrogen-bond acceptors (Lipinski definition) is 7. The van der Waals surface area contributed by atoms with Crippen LogP contribution in [-0.4, -0.2) is 33.0 Å². The molecule has 0 fully saturated rings. The van der Waals surface area contributed by atoms with Crippen molar-refractivity contribution in [3.05, 3.63) is 66.4 Å². The van der Waals surface area contributed by atoms with Crippen molar-refractivity contribution in [3.63, 3.8) is 0 Å². The van der Waals surface area contributed by atoms with Gasteiger partial charge in [0.1, 0.15) is 16.3 Å². The number of rotatable bonds is 4. The van der Waals surface area contributed by atoms with E-state index in [-0.39, 0.29) is 28.0 Å². The van der Waals surface area contributed by atoms with Gasteiger partial charge in [-0.1, -0.05) is 63.2 Å². The van der Waals surface area contributed by atoms with Gasteiger partial charge < -0.3 is 10.2 Å². The second kappa shape index (κ2) is 7.98. The van der Waals surface area contributed by atoms with Crippen molar-refractivity contribution in [2.24, 2.45) is 10.2 Å². The Bertz CT molecular complexity index is 1490. The maximum absolute atomic E-state index is 11.8. The minimum absolute atomic E-state index is 0.00952. The third-order valence-corrected chi connectivity index (χ3v) is 5.93. The number of phenolic OH excluding ortho intramolecular Hbond substituents is 1. The average molecular weight is 467 g/mol. The number of fused-ring (bicyclic) bond motifs is 1. The van der Waals surface area contributed by atoms with Gasteiger partial charge >= 0.3 is 0 Å². The number of hydrogen-bond donors (Lipinski definition) is 3. The minimum atomic E-state index is -4.58. The van der Waals surface area contributed by atoms with Crippen LogP contribution in [0.25, 0.3) is 16.5 Å². The van der Waals surface area contributed by atoms with E-state index in [0.29, 0.717) is 11.4 Å². The lowest BCUT2D eigenvalue weighted by Crippen LogP contribution is -2.13. The Morgan fingerprint density at radius 3 is 2.06 bits per heavy atom. The summed E-state index contributed by atoms with van der Waals surface area (Å²) in [4.78, 5) is -0.440. The lowest BCUT2D eigenvalue weighted by atomic mass is 9.91. The summed E-state index contributed by atoms with van der Waals surface area (Å²) in [5.74, 6) is -0.717. The average Bonchev–Trinajstić information content (AvgIpc) is 3.09. The molecule has 3 aromatic carbocycles. The van der Waals surface area contributed by atoms with E-state index in [9.17, 15) is 23.2 Å². The van der Waals surface area contributed by atoms with E-state index in [1.807, 2.05) is 39.0 Å². The molecule has 3 N–H and O–H groups in total. The highest BCUT2D eigenvalue weighted by atomic mass is 32.2. The van der Waals surface area contributed by atoms with Crippen molar-refractivity contribution in [2.45, 2.75) is 31.1 Å². The Hall–Kier alpha value is -3.76. The fraction of sp³-hybridized carbons (Fsp3) is 0.174. The van der Waals surface area contributed by atoms with Gasteiger partial charge in [0, 0.05) is 22.3 Å². The van der Waals surface area contributed by atoms with Crippen LogP contribution in [0.15, 0.2) is 75.8 Å². The first-order valence-electron chi connectivity index (χ1n) is 10.0. The second-order valence-corrected chi connectivity index (χ2v) is 9.87. The molecule has 1 heterocycles. The molecule has 1 aromatic heterocycles. The number of nitrogens with zero attached hydrogens (tertiary/aromatic N) is 4. The van der Waals surface area contributed by atoms with Gasteiger partial charge in [-0.25, -0.2) is 0 Å². The Labute approximate surface area is 190 Å². The Morgan fingerprint density at radius 2 is 1.45 bits per heavy atom. The topological polar surface area (TPSA) is 137 Å². The minimum Gasteiger partial charge on any atom is -0.506 e. The highest BCUT2D eigenvalue weighted by Crippen LogP contribution is 2.43.